The van der Waals surface area contributed by atoms with Crippen LogP contribution in [0.4, 0.5) is 4.39 Å². The van der Waals surface area contributed by atoms with Crippen LogP contribution in [0.5, 0.6) is 0 Å². The summed E-state index contributed by atoms with van der Waals surface area (Å²) < 4.78 is 27.7. The molecule has 178 valence electrons. The minimum Gasteiger partial charge on any atom is -0.353 e. The highest BCUT2D eigenvalue weighted by Crippen LogP contribution is 2.32. The monoisotopic (exact) mass is 500 g/mol. The number of aromatic nitrogens is 2. The molecule has 6 nitrogen and oxygen atoms in total. The number of fused-ring (bicyclic) bond motifs is 3. The highest BCUT2D eigenvalue weighted by Gasteiger charge is 2.19. The van der Waals surface area contributed by atoms with Crippen molar-refractivity contribution in [1.82, 2.24) is 9.55 Å². The minimum atomic E-state index is -0.432. The van der Waals surface area contributed by atoms with E-state index in [9.17, 15) is 14.0 Å². The molecule has 0 aliphatic rings. The molecule has 2 aromatic heterocycles. The Morgan fingerprint density at radius 3 is 2.53 bits per heavy atom. The van der Waals surface area contributed by atoms with Gasteiger partial charge in [-0.15, -0.1) is 11.3 Å². The topological polar surface area (TPSA) is 70.4 Å². The third kappa shape index (κ3) is 5.38. The van der Waals surface area contributed by atoms with Gasteiger partial charge in [0.25, 0.3) is 5.56 Å². The normalized spacial score (nSPS) is 11.6. The van der Waals surface area contributed by atoms with Gasteiger partial charge in [0.05, 0.1) is 11.3 Å². The van der Waals surface area contributed by atoms with Crippen LogP contribution in [-0.2, 0) is 16.0 Å². The maximum absolute atomic E-state index is 13.5. The fourth-order valence-corrected chi connectivity index (χ4v) is 5.63. The molecule has 0 fully saturated rings. The number of hydrogen-bond acceptors (Lipinski definition) is 7. The molecule has 0 saturated heterocycles. The predicted molar refractivity (Wildman–Crippen MR) is 134 cm³/mol. The fraction of sp³-hybridized carbons (Fsp3) is 0.320. The first-order chi connectivity index (χ1) is 16.5. The van der Waals surface area contributed by atoms with Gasteiger partial charge in [0.1, 0.15) is 10.5 Å². The number of hydrogen-bond donors (Lipinski definition) is 0. The van der Waals surface area contributed by atoms with Crippen LogP contribution in [0.15, 0.2) is 58.5 Å². The SMILES string of the molecule is CCOC(CCn1c(SCC(=O)c2ccc(F)cc2)nc2c(sc3ccccc32)c1=O)OCC. The molecule has 0 unspecified atom stereocenters. The number of thiophene rings is 1. The Kier molecular flexibility index (Phi) is 8.10. The van der Waals surface area contributed by atoms with Gasteiger partial charge in [-0.25, -0.2) is 9.37 Å². The van der Waals surface area contributed by atoms with Gasteiger partial charge < -0.3 is 9.47 Å². The molecule has 0 aliphatic heterocycles. The summed E-state index contributed by atoms with van der Waals surface area (Å²) >= 11 is 2.62. The molecule has 4 rings (SSSR count). The summed E-state index contributed by atoms with van der Waals surface area (Å²) in [5.41, 5.74) is 0.914. The summed E-state index contributed by atoms with van der Waals surface area (Å²) in [7, 11) is 0. The van der Waals surface area contributed by atoms with Crippen LogP contribution in [0.25, 0.3) is 20.3 Å². The van der Waals surface area contributed by atoms with E-state index in [2.05, 4.69) is 0 Å². The molecule has 0 amide bonds. The van der Waals surface area contributed by atoms with Crippen LogP contribution in [0.2, 0.25) is 0 Å². The van der Waals surface area contributed by atoms with Crippen molar-refractivity contribution in [3.8, 4) is 0 Å². The molecule has 0 bridgehead atoms. The number of halogens is 1. The van der Waals surface area contributed by atoms with Crippen molar-refractivity contribution in [3.05, 3.63) is 70.3 Å². The number of benzene rings is 2. The van der Waals surface area contributed by atoms with Crippen LogP contribution in [0.3, 0.4) is 0 Å². The van der Waals surface area contributed by atoms with Crippen LogP contribution in [0, 0.1) is 5.82 Å². The van der Waals surface area contributed by atoms with E-state index in [0.29, 0.717) is 47.1 Å². The van der Waals surface area contributed by atoms with Crippen molar-refractivity contribution < 1.29 is 18.7 Å². The molecule has 0 spiro atoms. The van der Waals surface area contributed by atoms with E-state index >= 15 is 0 Å². The van der Waals surface area contributed by atoms with Gasteiger partial charge in [0.15, 0.2) is 17.2 Å². The standard InChI is InChI=1S/C25H25FN2O4S2/c1-3-31-21(32-4-2)13-14-28-24(30)23-22(18-7-5-6-8-20(18)34-23)27-25(28)33-15-19(29)16-9-11-17(26)12-10-16/h5-12,21H,3-4,13-15H2,1-2H3. The van der Waals surface area contributed by atoms with E-state index in [4.69, 9.17) is 14.5 Å². The lowest BCUT2D eigenvalue weighted by Gasteiger charge is -2.18. The van der Waals surface area contributed by atoms with E-state index in [1.54, 1.807) is 4.57 Å². The predicted octanol–water partition coefficient (Wildman–Crippen LogP) is 5.51. The van der Waals surface area contributed by atoms with E-state index < -0.39 is 12.1 Å². The number of ether oxygens (including phenoxy) is 2. The van der Waals surface area contributed by atoms with Gasteiger partial charge in [-0.05, 0) is 44.2 Å². The Bertz CT molecular complexity index is 1350. The number of nitrogens with zero attached hydrogens (tertiary/aromatic N) is 2. The summed E-state index contributed by atoms with van der Waals surface area (Å²) in [4.78, 5) is 31.0. The van der Waals surface area contributed by atoms with Crippen molar-refractivity contribution in [2.24, 2.45) is 0 Å². The third-order valence-electron chi connectivity index (χ3n) is 5.24. The smallest absolute Gasteiger partial charge is 0.272 e. The Labute approximate surface area is 204 Å². The maximum atomic E-state index is 13.5. The lowest BCUT2D eigenvalue weighted by atomic mass is 10.1. The summed E-state index contributed by atoms with van der Waals surface area (Å²) in [5, 5.41) is 1.38. The van der Waals surface area contributed by atoms with Crippen molar-refractivity contribution in [2.45, 2.75) is 38.3 Å². The number of rotatable bonds is 11. The number of thioether (sulfide) groups is 1. The average Bonchev–Trinajstić information content (AvgIpc) is 3.21. The molecule has 0 N–H and O–H groups in total. The molecular weight excluding hydrogens is 475 g/mol. The molecule has 4 aromatic rings. The highest BCUT2D eigenvalue weighted by molar-refractivity contribution is 7.99. The molecule has 0 aliphatic carbocycles. The second-order valence-corrected chi connectivity index (χ2v) is 9.47. The zero-order chi connectivity index (χ0) is 24.1. The molecule has 34 heavy (non-hydrogen) atoms. The van der Waals surface area contributed by atoms with E-state index in [0.717, 1.165) is 10.1 Å². The molecule has 0 saturated carbocycles. The number of Topliss-reactive ketones (excluding diaryl/α,β-unsaturated/α-hetero) is 1. The van der Waals surface area contributed by atoms with Crippen LogP contribution >= 0.6 is 23.1 Å². The summed E-state index contributed by atoms with van der Waals surface area (Å²) in [6.07, 6.45) is 0.0396. The van der Waals surface area contributed by atoms with Crippen molar-refractivity contribution in [2.75, 3.05) is 19.0 Å². The van der Waals surface area contributed by atoms with Gasteiger partial charge in [0.2, 0.25) is 0 Å². The van der Waals surface area contributed by atoms with Crippen molar-refractivity contribution >= 4 is 49.2 Å². The maximum Gasteiger partial charge on any atom is 0.272 e. The Balaban J connectivity index is 1.68. The average molecular weight is 501 g/mol. The Morgan fingerprint density at radius 1 is 1.12 bits per heavy atom. The summed E-state index contributed by atoms with van der Waals surface area (Å²) in [6.45, 7) is 5.13. The van der Waals surface area contributed by atoms with Gasteiger partial charge in [-0.1, -0.05) is 30.0 Å². The second kappa shape index (κ2) is 11.2. The molecule has 0 radical (unpaired) electrons. The fourth-order valence-electron chi connectivity index (χ4n) is 3.63. The lowest BCUT2D eigenvalue weighted by Crippen LogP contribution is -2.27. The quantitative estimate of drug-likeness (QED) is 0.117. The summed E-state index contributed by atoms with van der Waals surface area (Å²) in [5.74, 6) is -0.485. The zero-order valence-corrected chi connectivity index (χ0v) is 20.6. The molecule has 0 atom stereocenters. The van der Waals surface area contributed by atoms with Gasteiger partial charge >= 0.3 is 0 Å². The first-order valence-corrected chi connectivity index (χ1v) is 12.9. The number of carbonyl (C=O) groups excluding carboxylic acids is 1. The minimum absolute atomic E-state index is 0.0754. The first-order valence-electron chi connectivity index (χ1n) is 11.1. The third-order valence-corrected chi connectivity index (χ3v) is 7.36. The Hall–Kier alpha value is -2.59. The van der Waals surface area contributed by atoms with Crippen molar-refractivity contribution in [1.29, 1.82) is 0 Å². The summed E-state index contributed by atoms with van der Waals surface area (Å²) in [6, 6.07) is 13.2. The number of carbonyl (C=O) groups is 1. The number of ketones is 1. The van der Waals surface area contributed by atoms with E-state index in [1.807, 2.05) is 38.1 Å². The first kappa shape index (κ1) is 24.5. The molecule has 2 heterocycles. The highest BCUT2D eigenvalue weighted by atomic mass is 32.2. The zero-order valence-electron chi connectivity index (χ0n) is 19.0. The largest absolute Gasteiger partial charge is 0.353 e. The van der Waals surface area contributed by atoms with Crippen LogP contribution in [0.1, 0.15) is 30.6 Å². The molecule has 9 heteroatoms. The lowest BCUT2D eigenvalue weighted by molar-refractivity contribution is -0.141. The van der Waals surface area contributed by atoms with Gasteiger partial charge in [0, 0.05) is 41.8 Å². The Morgan fingerprint density at radius 2 is 1.82 bits per heavy atom. The van der Waals surface area contributed by atoms with Crippen LogP contribution < -0.4 is 5.56 Å². The second-order valence-electron chi connectivity index (χ2n) is 7.47. The van der Waals surface area contributed by atoms with Crippen LogP contribution in [-0.4, -0.2) is 40.6 Å². The van der Waals surface area contributed by atoms with Crippen molar-refractivity contribution in [3.63, 3.8) is 0 Å². The van der Waals surface area contributed by atoms with E-state index in [-0.39, 0.29) is 17.1 Å². The molecular formula is C25H25FN2O4S2. The van der Waals surface area contributed by atoms with Gasteiger partial charge in [-0.2, -0.15) is 0 Å². The van der Waals surface area contributed by atoms with Gasteiger partial charge in [-0.3, -0.25) is 14.2 Å². The van der Waals surface area contributed by atoms with E-state index in [1.165, 1.54) is 47.4 Å². The molecule has 2 aromatic carbocycles.